The first kappa shape index (κ1) is 21.0. The normalized spacial score (nSPS) is 16.9. The van der Waals surface area contributed by atoms with Crippen molar-refractivity contribution in [3.63, 3.8) is 0 Å². The third kappa shape index (κ3) is 5.64. The van der Waals surface area contributed by atoms with Crippen LogP contribution in [-0.2, 0) is 13.1 Å². The standard InChI is InChI=1S/C23H33N5O/c1-24-23(25-15-18-9-5-6-10-19(18)16-27(2)3)26-20-13-14-28(17-20)21-11-7-8-12-22(21)29-4/h5-12,20H,13-17H2,1-4H3,(H2,24,25,26). The Labute approximate surface area is 174 Å². The fraction of sp³-hybridized carbons (Fsp3) is 0.435. The predicted molar refractivity (Wildman–Crippen MR) is 121 cm³/mol. The molecule has 0 amide bonds. The Morgan fingerprint density at radius 2 is 1.86 bits per heavy atom. The third-order valence-electron chi connectivity index (χ3n) is 5.23. The zero-order valence-electron chi connectivity index (χ0n) is 18.0. The molecule has 0 aromatic heterocycles. The fourth-order valence-electron chi connectivity index (χ4n) is 3.78. The number of nitrogens with zero attached hydrogens (tertiary/aromatic N) is 3. The molecule has 0 saturated carbocycles. The van der Waals surface area contributed by atoms with E-state index in [0.717, 1.165) is 50.0 Å². The van der Waals surface area contributed by atoms with Gasteiger partial charge in [-0.25, -0.2) is 0 Å². The average Bonchev–Trinajstić information content (AvgIpc) is 3.20. The van der Waals surface area contributed by atoms with Crippen molar-refractivity contribution in [1.82, 2.24) is 15.5 Å². The maximum Gasteiger partial charge on any atom is 0.191 e. The largest absolute Gasteiger partial charge is 0.495 e. The smallest absolute Gasteiger partial charge is 0.191 e. The quantitative estimate of drug-likeness (QED) is 0.558. The van der Waals surface area contributed by atoms with Crippen LogP contribution < -0.4 is 20.3 Å². The summed E-state index contributed by atoms with van der Waals surface area (Å²) in [6.07, 6.45) is 1.07. The highest BCUT2D eigenvalue weighted by molar-refractivity contribution is 5.80. The number of methoxy groups -OCH3 is 1. The van der Waals surface area contributed by atoms with E-state index in [1.807, 2.05) is 19.2 Å². The minimum absolute atomic E-state index is 0.350. The highest BCUT2D eigenvalue weighted by Gasteiger charge is 2.25. The molecular weight excluding hydrogens is 362 g/mol. The first-order valence-electron chi connectivity index (χ1n) is 10.2. The number of benzene rings is 2. The van der Waals surface area contributed by atoms with Crippen LogP contribution >= 0.6 is 0 Å². The Bertz CT molecular complexity index is 820. The minimum atomic E-state index is 0.350. The van der Waals surface area contributed by atoms with Gasteiger partial charge >= 0.3 is 0 Å². The molecule has 1 aliphatic rings. The summed E-state index contributed by atoms with van der Waals surface area (Å²) in [5, 5.41) is 7.06. The summed E-state index contributed by atoms with van der Waals surface area (Å²) in [6.45, 7) is 3.62. The van der Waals surface area contributed by atoms with Crippen LogP contribution in [0.2, 0.25) is 0 Å². The number of rotatable bonds is 7. The molecule has 1 heterocycles. The zero-order chi connectivity index (χ0) is 20.6. The van der Waals surface area contributed by atoms with Gasteiger partial charge in [-0.1, -0.05) is 36.4 Å². The number of nitrogens with one attached hydrogen (secondary N) is 2. The highest BCUT2D eigenvalue weighted by Crippen LogP contribution is 2.30. The van der Waals surface area contributed by atoms with E-state index in [9.17, 15) is 0 Å². The Kier molecular flexibility index (Phi) is 7.36. The fourth-order valence-corrected chi connectivity index (χ4v) is 3.78. The second-order valence-corrected chi connectivity index (χ2v) is 7.68. The van der Waals surface area contributed by atoms with Gasteiger partial charge in [-0.3, -0.25) is 4.99 Å². The van der Waals surface area contributed by atoms with E-state index in [2.05, 4.69) is 75.9 Å². The van der Waals surface area contributed by atoms with Crippen LogP contribution in [0.15, 0.2) is 53.5 Å². The molecule has 3 rings (SSSR count). The number of anilines is 1. The second kappa shape index (κ2) is 10.2. The summed E-state index contributed by atoms with van der Waals surface area (Å²) in [5.41, 5.74) is 3.79. The van der Waals surface area contributed by atoms with E-state index in [-0.39, 0.29) is 0 Å². The summed E-state index contributed by atoms with van der Waals surface area (Å²) in [4.78, 5) is 8.99. The summed E-state index contributed by atoms with van der Waals surface area (Å²) in [6, 6.07) is 17.1. The molecule has 2 aromatic carbocycles. The van der Waals surface area contributed by atoms with Crippen LogP contribution in [0.1, 0.15) is 17.5 Å². The molecule has 156 valence electrons. The Morgan fingerprint density at radius 3 is 2.59 bits per heavy atom. The summed E-state index contributed by atoms with van der Waals surface area (Å²) in [5.74, 6) is 1.77. The lowest BCUT2D eigenvalue weighted by Gasteiger charge is -2.22. The molecule has 2 N–H and O–H groups in total. The van der Waals surface area contributed by atoms with Crippen molar-refractivity contribution in [3.8, 4) is 5.75 Å². The van der Waals surface area contributed by atoms with Crippen LogP contribution in [0.25, 0.3) is 0 Å². The third-order valence-corrected chi connectivity index (χ3v) is 5.23. The van der Waals surface area contributed by atoms with Gasteiger partial charge in [0, 0.05) is 39.3 Å². The van der Waals surface area contributed by atoms with E-state index in [0.29, 0.717) is 6.04 Å². The van der Waals surface area contributed by atoms with Crippen molar-refractivity contribution in [2.45, 2.75) is 25.6 Å². The van der Waals surface area contributed by atoms with Crippen LogP contribution in [-0.4, -0.2) is 58.2 Å². The number of aliphatic imine (C=N–C) groups is 1. The maximum absolute atomic E-state index is 5.52. The minimum Gasteiger partial charge on any atom is -0.495 e. The highest BCUT2D eigenvalue weighted by atomic mass is 16.5. The first-order chi connectivity index (χ1) is 14.1. The Balaban J connectivity index is 1.56. The molecule has 1 fully saturated rings. The lowest BCUT2D eigenvalue weighted by molar-refractivity contribution is 0.400. The Hall–Kier alpha value is -2.73. The molecule has 6 heteroatoms. The van der Waals surface area contributed by atoms with Gasteiger partial charge in [0.05, 0.1) is 12.8 Å². The monoisotopic (exact) mass is 395 g/mol. The van der Waals surface area contributed by atoms with Crippen LogP contribution in [0.3, 0.4) is 0 Å². The van der Waals surface area contributed by atoms with Gasteiger partial charge < -0.3 is 25.2 Å². The van der Waals surface area contributed by atoms with Crippen molar-refractivity contribution < 1.29 is 4.74 Å². The van der Waals surface area contributed by atoms with E-state index >= 15 is 0 Å². The van der Waals surface area contributed by atoms with Crippen LogP contribution in [0, 0.1) is 0 Å². The van der Waals surface area contributed by atoms with Crippen LogP contribution in [0.4, 0.5) is 5.69 Å². The van der Waals surface area contributed by atoms with E-state index in [4.69, 9.17) is 4.74 Å². The molecule has 0 spiro atoms. The van der Waals surface area contributed by atoms with Crippen molar-refractivity contribution in [2.24, 2.45) is 4.99 Å². The lowest BCUT2D eigenvalue weighted by atomic mass is 10.1. The van der Waals surface area contributed by atoms with Crippen molar-refractivity contribution >= 4 is 11.6 Å². The number of ether oxygens (including phenoxy) is 1. The lowest BCUT2D eigenvalue weighted by Crippen LogP contribution is -2.44. The number of hydrogen-bond donors (Lipinski definition) is 2. The van der Waals surface area contributed by atoms with Crippen molar-refractivity contribution in [3.05, 3.63) is 59.7 Å². The maximum atomic E-state index is 5.52. The van der Waals surface area contributed by atoms with Gasteiger partial charge in [-0.05, 0) is 43.8 Å². The van der Waals surface area contributed by atoms with Gasteiger partial charge in [-0.2, -0.15) is 0 Å². The van der Waals surface area contributed by atoms with Crippen molar-refractivity contribution in [1.29, 1.82) is 0 Å². The first-order valence-corrected chi connectivity index (χ1v) is 10.2. The molecule has 1 unspecified atom stereocenters. The second-order valence-electron chi connectivity index (χ2n) is 7.68. The molecule has 0 radical (unpaired) electrons. The summed E-state index contributed by atoms with van der Waals surface area (Å²) in [7, 11) is 7.75. The van der Waals surface area contributed by atoms with Gasteiger partial charge in [0.2, 0.25) is 0 Å². The summed E-state index contributed by atoms with van der Waals surface area (Å²) < 4.78 is 5.52. The Morgan fingerprint density at radius 1 is 1.14 bits per heavy atom. The molecule has 0 aliphatic carbocycles. The predicted octanol–water partition coefficient (Wildman–Crippen LogP) is 2.70. The molecular formula is C23H33N5O. The zero-order valence-corrected chi connectivity index (χ0v) is 18.0. The molecule has 1 saturated heterocycles. The summed E-state index contributed by atoms with van der Waals surface area (Å²) >= 11 is 0. The molecule has 0 bridgehead atoms. The molecule has 6 nitrogen and oxygen atoms in total. The molecule has 1 atom stereocenters. The number of hydrogen-bond acceptors (Lipinski definition) is 4. The molecule has 2 aromatic rings. The SMILES string of the molecule is CN=C(NCc1ccccc1CN(C)C)NC1CCN(c2ccccc2OC)C1. The number of para-hydroxylation sites is 2. The molecule has 1 aliphatic heterocycles. The van der Waals surface area contributed by atoms with E-state index in [1.54, 1.807) is 7.11 Å². The molecule has 29 heavy (non-hydrogen) atoms. The van der Waals surface area contributed by atoms with Gasteiger partial charge in [0.1, 0.15) is 5.75 Å². The van der Waals surface area contributed by atoms with Gasteiger partial charge in [-0.15, -0.1) is 0 Å². The van der Waals surface area contributed by atoms with Gasteiger partial charge in [0.15, 0.2) is 5.96 Å². The van der Waals surface area contributed by atoms with Crippen molar-refractivity contribution in [2.75, 3.05) is 46.2 Å². The average molecular weight is 396 g/mol. The van der Waals surface area contributed by atoms with E-state index < -0.39 is 0 Å². The number of guanidine groups is 1. The van der Waals surface area contributed by atoms with Crippen LogP contribution in [0.5, 0.6) is 5.75 Å². The van der Waals surface area contributed by atoms with E-state index in [1.165, 1.54) is 11.1 Å². The van der Waals surface area contributed by atoms with Gasteiger partial charge in [0.25, 0.3) is 0 Å². The topological polar surface area (TPSA) is 52.1 Å².